The zero-order valence-electron chi connectivity index (χ0n) is 17.3. The number of benzene rings is 2. The normalized spacial score (nSPS) is 23.2. The second-order valence-electron chi connectivity index (χ2n) is 7.86. The number of hydrogen-bond acceptors (Lipinski definition) is 5. The summed E-state index contributed by atoms with van der Waals surface area (Å²) in [6.45, 7) is 2.17. The van der Waals surface area contributed by atoms with E-state index in [9.17, 15) is 12.8 Å². The minimum absolute atomic E-state index is 0.183. The molecule has 0 aliphatic carbocycles. The Morgan fingerprint density at radius 2 is 1.90 bits per heavy atom. The smallest absolute Gasteiger partial charge is 0.282 e. The predicted octanol–water partition coefficient (Wildman–Crippen LogP) is 2.10. The number of morpholine rings is 1. The molecule has 9 heteroatoms. The molecule has 2 atom stereocenters. The lowest BCUT2D eigenvalue weighted by Gasteiger charge is -2.32. The van der Waals surface area contributed by atoms with Gasteiger partial charge in [0, 0.05) is 32.1 Å². The summed E-state index contributed by atoms with van der Waals surface area (Å²) >= 11 is 0. The zero-order chi connectivity index (χ0) is 21.8. The Hall–Kier alpha value is -2.04. The predicted molar refractivity (Wildman–Crippen MR) is 115 cm³/mol. The van der Waals surface area contributed by atoms with E-state index in [-0.39, 0.29) is 24.9 Å². The molecule has 0 bridgehead atoms. The Morgan fingerprint density at radius 3 is 2.65 bits per heavy atom. The summed E-state index contributed by atoms with van der Waals surface area (Å²) < 4.78 is 55.4. The molecule has 2 aromatic carbocycles. The van der Waals surface area contributed by atoms with Gasteiger partial charge in [-0.05, 0) is 35.7 Å². The van der Waals surface area contributed by atoms with Crippen LogP contribution < -0.4 is 10.5 Å². The molecule has 31 heavy (non-hydrogen) atoms. The highest BCUT2D eigenvalue weighted by Crippen LogP contribution is 2.36. The molecule has 2 N–H and O–H groups in total. The lowest BCUT2D eigenvalue weighted by Crippen LogP contribution is -2.51. The summed E-state index contributed by atoms with van der Waals surface area (Å²) in [5.74, 6) is 0.0930. The van der Waals surface area contributed by atoms with Crippen LogP contribution in [0.4, 0.5) is 4.39 Å². The van der Waals surface area contributed by atoms with Crippen LogP contribution in [-0.2, 0) is 21.5 Å². The van der Waals surface area contributed by atoms with E-state index in [0.717, 1.165) is 5.56 Å². The average Bonchev–Trinajstić information content (AvgIpc) is 3.23. The summed E-state index contributed by atoms with van der Waals surface area (Å²) in [6, 6.07) is 13.6. The van der Waals surface area contributed by atoms with Crippen LogP contribution in [0.2, 0.25) is 0 Å². The number of nitrogens with two attached hydrogens (primary N) is 1. The maximum Gasteiger partial charge on any atom is 0.282 e. The number of halogens is 1. The van der Waals surface area contributed by atoms with E-state index in [4.69, 9.17) is 15.2 Å². The van der Waals surface area contributed by atoms with Crippen molar-refractivity contribution in [3.05, 3.63) is 65.5 Å². The molecule has 0 aromatic heterocycles. The summed E-state index contributed by atoms with van der Waals surface area (Å²) in [6.07, 6.45) is 0.487. The standard InChI is InChI=1S/C22H28FN3O4S/c23-22-7-2-1-6-21(22)18-13-19(16-30-20-5-3-4-17(12-20)14-24)26(15-18)31(27,28)25-8-10-29-11-9-25/h1-7,12,18-19H,8-11,13-16,24H2/t18-,19?/m0/s1. The maximum absolute atomic E-state index is 14.4. The van der Waals surface area contributed by atoms with Crippen molar-refractivity contribution in [2.45, 2.75) is 24.9 Å². The largest absolute Gasteiger partial charge is 0.492 e. The van der Waals surface area contributed by atoms with Gasteiger partial charge < -0.3 is 15.2 Å². The Balaban J connectivity index is 1.56. The van der Waals surface area contributed by atoms with Gasteiger partial charge in [0.15, 0.2) is 0 Å². The molecule has 2 heterocycles. The second-order valence-corrected chi connectivity index (χ2v) is 9.74. The van der Waals surface area contributed by atoms with Crippen LogP contribution in [0.5, 0.6) is 5.75 Å². The van der Waals surface area contributed by atoms with E-state index in [2.05, 4.69) is 0 Å². The molecule has 0 spiro atoms. The molecule has 1 unspecified atom stereocenters. The summed E-state index contributed by atoms with van der Waals surface area (Å²) in [5.41, 5.74) is 7.18. The van der Waals surface area contributed by atoms with Crippen LogP contribution >= 0.6 is 0 Å². The van der Waals surface area contributed by atoms with Gasteiger partial charge in [-0.3, -0.25) is 0 Å². The molecule has 0 amide bonds. The Labute approximate surface area is 182 Å². The third kappa shape index (κ3) is 4.91. The highest BCUT2D eigenvalue weighted by Gasteiger charge is 2.43. The van der Waals surface area contributed by atoms with Crippen molar-refractivity contribution in [3.8, 4) is 5.75 Å². The van der Waals surface area contributed by atoms with Crippen molar-refractivity contribution < 1.29 is 22.3 Å². The van der Waals surface area contributed by atoms with Gasteiger partial charge >= 0.3 is 0 Å². The SMILES string of the molecule is NCc1cccc(OCC2C[C@H](c3ccccc3F)CN2S(=O)(=O)N2CCOCC2)c1. The highest BCUT2D eigenvalue weighted by molar-refractivity contribution is 7.86. The molecule has 4 rings (SSSR count). The van der Waals surface area contributed by atoms with Crippen molar-refractivity contribution in [2.24, 2.45) is 5.73 Å². The van der Waals surface area contributed by atoms with Crippen molar-refractivity contribution in [3.63, 3.8) is 0 Å². The number of ether oxygens (including phenoxy) is 2. The summed E-state index contributed by atoms with van der Waals surface area (Å²) in [4.78, 5) is 0. The lowest BCUT2D eigenvalue weighted by molar-refractivity contribution is 0.0693. The fourth-order valence-electron chi connectivity index (χ4n) is 4.23. The van der Waals surface area contributed by atoms with E-state index >= 15 is 0 Å². The summed E-state index contributed by atoms with van der Waals surface area (Å²) in [5, 5.41) is 0. The average molecular weight is 450 g/mol. The van der Waals surface area contributed by atoms with E-state index in [0.29, 0.717) is 50.6 Å². The minimum atomic E-state index is -3.72. The van der Waals surface area contributed by atoms with Crippen molar-refractivity contribution in [1.29, 1.82) is 0 Å². The summed E-state index contributed by atoms with van der Waals surface area (Å²) in [7, 11) is -3.72. The molecule has 0 radical (unpaired) electrons. The van der Waals surface area contributed by atoms with Crippen LogP contribution in [0.3, 0.4) is 0 Å². The molecule has 2 aliphatic heterocycles. The molecule has 2 fully saturated rings. The zero-order valence-corrected chi connectivity index (χ0v) is 18.1. The van der Waals surface area contributed by atoms with Crippen LogP contribution in [-0.4, -0.2) is 62.5 Å². The van der Waals surface area contributed by atoms with Gasteiger partial charge in [0.1, 0.15) is 18.2 Å². The molecular weight excluding hydrogens is 421 g/mol. The van der Waals surface area contributed by atoms with Crippen molar-refractivity contribution >= 4 is 10.2 Å². The molecule has 0 saturated carbocycles. The molecule has 2 saturated heterocycles. The molecule has 2 aliphatic rings. The third-order valence-corrected chi connectivity index (χ3v) is 7.94. The molecule has 2 aromatic rings. The lowest BCUT2D eigenvalue weighted by atomic mass is 9.96. The van der Waals surface area contributed by atoms with Gasteiger partial charge in [-0.1, -0.05) is 30.3 Å². The van der Waals surface area contributed by atoms with E-state index in [1.807, 2.05) is 24.3 Å². The molecular formula is C22H28FN3O4S. The van der Waals surface area contributed by atoms with Crippen LogP contribution in [0.15, 0.2) is 48.5 Å². The van der Waals surface area contributed by atoms with Gasteiger partial charge in [0.25, 0.3) is 10.2 Å². The van der Waals surface area contributed by atoms with E-state index in [1.54, 1.807) is 18.2 Å². The van der Waals surface area contributed by atoms with Gasteiger partial charge in [-0.2, -0.15) is 17.0 Å². The van der Waals surface area contributed by atoms with E-state index in [1.165, 1.54) is 14.7 Å². The first-order valence-electron chi connectivity index (χ1n) is 10.5. The minimum Gasteiger partial charge on any atom is -0.492 e. The van der Waals surface area contributed by atoms with Crippen molar-refractivity contribution in [1.82, 2.24) is 8.61 Å². The third-order valence-electron chi connectivity index (χ3n) is 5.88. The van der Waals surface area contributed by atoms with E-state index < -0.39 is 16.3 Å². The Bertz CT molecular complexity index is 998. The maximum atomic E-state index is 14.4. The van der Waals surface area contributed by atoms with Crippen LogP contribution in [0.1, 0.15) is 23.5 Å². The Morgan fingerprint density at radius 1 is 1.13 bits per heavy atom. The first-order valence-corrected chi connectivity index (χ1v) is 11.9. The molecule has 7 nitrogen and oxygen atoms in total. The van der Waals surface area contributed by atoms with Gasteiger partial charge in [0.05, 0.1) is 19.3 Å². The topological polar surface area (TPSA) is 85.1 Å². The van der Waals surface area contributed by atoms with Gasteiger partial charge in [-0.25, -0.2) is 4.39 Å². The van der Waals surface area contributed by atoms with Crippen molar-refractivity contribution in [2.75, 3.05) is 39.5 Å². The fraction of sp³-hybridized carbons (Fsp3) is 0.455. The second kappa shape index (κ2) is 9.62. The quantitative estimate of drug-likeness (QED) is 0.700. The van der Waals surface area contributed by atoms with Crippen LogP contribution in [0, 0.1) is 5.82 Å². The first-order chi connectivity index (χ1) is 15.0. The number of rotatable bonds is 7. The first kappa shape index (κ1) is 22.2. The van der Waals surface area contributed by atoms with Crippen LogP contribution in [0.25, 0.3) is 0 Å². The van der Waals surface area contributed by atoms with Gasteiger partial charge in [-0.15, -0.1) is 0 Å². The van der Waals surface area contributed by atoms with Gasteiger partial charge in [0.2, 0.25) is 0 Å². The number of hydrogen-bond donors (Lipinski definition) is 1. The highest BCUT2D eigenvalue weighted by atomic mass is 32.2. The monoisotopic (exact) mass is 449 g/mol. The Kier molecular flexibility index (Phi) is 6.88. The number of nitrogens with zero attached hydrogens (tertiary/aromatic N) is 2. The fourth-order valence-corrected chi connectivity index (χ4v) is 6.03. The molecule has 168 valence electrons.